The highest BCUT2D eigenvalue weighted by Crippen LogP contribution is 2.16. The van der Waals surface area contributed by atoms with Gasteiger partial charge in [0.15, 0.2) is 5.82 Å². The van der Waals surface area contributed by atoms with Crippen LogP contribution in [0.1, 0.15) is 39.4 Å². The molecule has 1 aliphatic rings. The summed E-state index contributed by atoms with van der Waals surface area (Å²) in [4.78, 5) is 4.03. The quantitative estimate of drug-likeness (QED) is 0.854. The van der Waals surface area contributed by atoms with Gasteiger partial charge < -0.3 is 5.32 Å². The van der Waals surface area contributed by atoms with Crippen LogP contribution in [-0.4, -0.2) is 50.3 Å². The molecule has 1 saturated heterocycles. The molecule has 2 atom stereocenters. The van der Waals surface area contributed by atoms with Crippen LogP contribution in [-0.2, 0) is 13.6 Å². The summed E-state index contributed by atoms with van der Waals surface area (Å²) in [7, 11) is 1.81. The standard InChI is InChI=1S/C13H26N6/c1-5-12-7-14-11(6-10(2)3)8-19(12)9-13-15-17-18(4)16-13/h10-12,14H,5-9H2,1-4H3. The fourth-order valence-electron chi connectivity index (χ4n) is 2.82. The molecule has 6 nitrogen and oxygen atoms in total. The molecule has 1 N–H and O–H groups in total. The Balaban J connectivity index is 1.97. The Morgan fingerprint density at radius 2 is 2.21 bits per heavy atom. The van der Waals surface area contributed by atoms with Crippen LogP contribution >= 0.6 is 0 Å². The molecule has 2 rings (SSSR count). The van der Waals surface area contributed by atoms with Crippen molar-refractivity contribution in [2.24, 2.45) is 13.0 Å². The van der Waals surface area contributed by atoms with Crippen LogP contribution in [0.5, 0.6) is 0 Å². The SMILES string of the molecule is CCC1CNC(CC(C)C)CN1Cc1nnn(C)n1. The second-order valence-corrected chi connectivity index (χ2v) is 5.92. The van der Waals surface area contributed by atoms with Gasteiger partial charge in [-0.1, -0.05) is 20.8 Å². The first-order valence-corrected chi connectivity index (χ1v) is 7.28. The van der Waals surface area contributed by atoms with Crippen LogP contribution in [0.15, 0.2) is 0 Å². The van der Waals surface area contributed by atoms with Gasteiger partial charge in [-0.05, 0) is 24.0 Å². The summed E-state index contributed by atoms with van der Waals surface area (Å²) in [6, 6.07) is 1.16. The number of aromatic nitrogens is 4. The number of hydrogen-bond acceptors (Lipinski definition) is 5. The molecule has 108 valence electrons. The Morgan fingerprint density at radius 3 is 2.79 bits per heavy atom. The number of aryl methyl sites for hydroxylation is 1. The molecule has 19 heavy (non-hydrogen) atoms. The highest BCUT2D eigenvalue weighted by Gasteiger charge is 2.27. The van der Waals surface area contributed by atoms with E-state index in [1.165, 1.54) is 11.2 Å². The highest BCUT2D eigenvalue weighted by atomic mass is 15.6. The van der Waals surface area contributed by atoms with Crippen LogP contribution < -0.4 is 5.32 Å². The first-order chi connectivity index (χ1) is 9.08. The second-order valence-electron chi connectivity index (χ2n) is 5.92. The highest BCUT2D eigenvalue weighted by molar-refractivity contribution is 4.89. The third kappa shape index (κ3) is 3.98. The van der Waals surface area contributed by atoms with Crippen molar-refractivity contribution in [3.8, 4) is 0 Å². The van der Waals surface area contributed by atoms with Crippen molar-refractivity contribution < 1.29 is 0 Å². The summed E-state index contributed by atoms with van der Waals surface area (Å²) in [5.74, 6) is 1.55. The Kier molecular flexibility index (Phi) is 4.87. The van der Waals surface area contributed by atoms with Gasteiger partial charge in [0.25, 0.3) is 0 Å². The van der Waals surface area contributed by atoms with Gasteiger partial charge in [-0.3, -0.25) is 4.90 Å². The van der Waals surface area contributed by atoms with Gasteiger partial charge in [0.1, 0.15) is 0 Å². The zero-order valence-electron chi connectivity index (χ0n) is 12.5. The fraction of sp³-hybridized carbons (Fsp3) is 0.923. The van der Waals surface area contributed by atoms with E-state index in [1.807, 2.05) is 7.05 Å². The normalized spacial score (nSPS) is 25.1. The molecule has 0 amide bonds. The summed E-state index contributed by atoms with van der Waals surface area (Å²) in [6.45, 7) is 9.75. The third-order valence-electron chi connectivity index (χ3n) is 3.73. The zero-order chi connectivity index (χ0) is 13.8. The number of nitrogens with zero attached hydrogens (tertiary/aromatic N) is 5. The summed E-state index contributed by atoms with van der Waals surface area (Å²) >= 11 is 0. The van der Waals surface area contributed by atoms with Crippen LogP contribution in [0.25, 0.3) is 0 Å². The van der Waals surface area contributed by atoms with Crippen molar-refractivity contribution in [1.82, 2.24) is 30.4 Å². The van der Waals surface area contributed by atoms with E-state index in [9.17, 15) is 0 Å². The molecular weight excluding hydrogens is 240 g/mol. The molecule has 0 radical (unpaired) electrons. The molecular formula is C13H26N6. The molecule has 0 spiro atoms. The van der Waals surface area contributed by atoms with Crippen LogP contribution in [0.4, 0.5) is 0 Å². The van der Waals surface area contributed by atoms with E-state index in [2.05, 4.69) is 46.4 Å². The molecule has 2 heterocycles. The van der Waals surface area contributed by atoms with Crippen molar-refractivity contribution in [3.05, 3.63) is 5.82 Å². The predicted molar refractivity (Wildman–Crippen MR) is 74.5 cm³/mol. The first-order valence-electron chi connectivity index (χ1n) is 7.28. The largest absolute Gasteiger partial charge is 0.311 e. The van der Waals surface area contributed by atoms with E-state index in [-0.39, 0.29) is 0 Å². The minimum absolute atomic E-state index is 0.576. The molecule has 2 unspecified atom stereocenters. The summed E-state index contributed by atoms with van der Waals surface area (Å²) in [5, 5.41) is 16.0. The number of hydrogen-bond donors (Lipinski definition) is 1. The van der Waals surface area contributed by atoms with E-state index in [0.29, 0.717) is 12.1 Å². The maximum absolute atomic E-state index is 4.29. The third-order valence-corrected chi connectivity index (χ3v) is 3.73. The first kappa shape index (κ1) is 14.4. The monoisotopic (exact) mass is 266 g/mol. The number of rotatable bonds is 5. The lowest BCUT2D eigenvalue weighted by Crippen LogP contribution is -2.56. The summed E-state index contributed by atoms with van der Waals surface area (Å²) in [6.07, 6.45) is 2.38. The van der Waals surface area contributed by atoms with Gasteiger partial charge >= 0.3 is 0 Å². The van der Waals surface area contributed by atoms with Crippen molar-refractivity contribution in [2.75, 3.05) is 13.1 Å². The lowest BCUT2D eigenvalue weighted by molar-refractivity contribution is 0.108. The van der Waals surface area contributed by atoms with E-state index in [1.54, 1.807) is 0 Å². The minimum Gasteiger partial charge on any atom is -0.311 e. The Hall–Kier alpha value is -1.01. The van der Waals surface area contributed by atoms with Gasteiger partial charge in [-0.2, -0.15) is 4.80 Å². The predicted octanol–water partition coefficient (Wildman–Crippen LogP) is 0.809. The smallest absolute Gasteiger partial charge is 0.188 e. The molecule has 0 aliphatic carbocycles. The summed E-state index contributed by atoms with van der Waals surface area (Å²) in [5.41, 5.74) is 0. The average Bonchev–Trinajstić information content (AvgIpc) is 2.74. The van der Waals surface area contributed by atoms with Crippen molar-refractivity contribution >= 4 is 0 Å². The molecule has 0 aromatic carbocycles. The maximum Gasteiger partial charge on any atom is 0.188 e. The van der Waals surface area contributed by atoms with E-state index < -0.39 is 0 Å². The molecule has 6 heteroatoms. The zero-order valence-corrected chi connectivity index (χ0v) is 12.5. The maximum atomic E-state index is 4.29. The molecule has 1 fully saturated rings. The van der Waals surface area contributed by atoms with Crippen molar-refractivity contribution in [3.63, 3.8) is 0 Å². The average molecular weight is 266 g/mol. The number of piperazine rings is 1. The lowest BCUT2D eigenvalue weighted by Gasteiger charge is -2.40. The van der Waals surface area contributed by atoms with Gasteiger partial charge in [0, 0.05) is 25.2 Å². The number of nitrogens with one attached hydrogen (secondary N) is 1. The van der Waals surface area contributed by atoms with Crippen molar-refractivity contribution in [1.29, 1.82) is 0 Å². The van der Waals surface area contributed by atoms with Crippen LogP contribution in [0, 0.1) is 5.92 Å². The lowest BCUT2D eigenvalue weighted by atomic mass is 9.99. The second kappa shape index (κ2) is 6.43. The molecule has 1 aromatic heterocycles. The molecule has 1 aromatic rings. The summed E-state index contributed by atoms with van der Waals surface area (Å²) < 4.78 is 0. The Morgan fingerprint density at radius 1 is 1.42 bits per heavy atom. The van der Waals surface area contributed by atoms with Gasteiger partial charge in [-0.15, -0.1) is 10.2 Å². The van der Waals surface area contributed by atoms with Crippen LogP contribution in [0.2, 0.25) is 0 Å². The Bertz CT molecular complexity index is 388. The molecule has 0 bridgehead atoms. The topological polar surface area (TPSA) is 58.9 Å². The van der Waals surface area contributed by atoms with E-state index in [0.717, 1.165) is 37.8 Å². The van der Waals surface area contributed by atoms with Crippen molar-refractivity contribution in [2.45, 2.75) is 52.2 Å². The van der Waals surface area contributed by atoms with E-state index >= 15 is 0 Å². The van der Waals surface area contributed by atoms with E-state index in [4.69, 9.17) is 0 Å². The number of tetrazole rings is 1. The van der Waals surface area contributed by atoms with Crippen LogP contribution in [0.3, 0.4) is 0 Å². The van der Waals surface area contributed by atoms with Gasteiger partial charge in [-0.25, -0.2) is 0 Å². The van der Waals surface area contributed by atoms with Gasteiger partial charge in [0.2, 0.25) is 0 Å². The van der Waals surface area contributed by atoms with Gasteiger partial charge in [0.05, 0.1) is 13.6 Å². The molecule has 1 aliphatic heterocycles. The fourth-order valence-corrected chi connectivity index (χ4v) is 2.82. The minimum atomic E-state index is 0.576. The molecule has 0 saturated carbocycles. The Labute approximate surface area is 115 Å².